The lowest BCUT2D eigenvalue weighted by molar-refractivity contribution is 0.0885. The zero-order valence-electron chi connectivity index (χ0n) is 9.55. The van der Waals surface area contributed by atoms with Crippen LogP contribution >= 0.6 is 0 Å². The molecule has 0 saturated carbocycles. The summed E-state index contributed by atoms with van der Waals surface area (Å²) in [7, 11) is 0. The third kappa shape index (κ3) is 2.65. The van der Waals surface area contributed by atoms with E-state index >= 15 is 0 Å². The molecule has 1 aromatic heterocycles. The average Bonchev–Trinajstić information content (AvgIpc) is 2.36. The summed E-state index contributed by atoms with van der Waals surface area (Å²) in [6.45, 7) is 5.25. The minimum absolute atomic E-state index is 0.159. The molecule has 0 aliphatic rings. The van der Waals surface area contributed by atoms with Gasteiger partial charge in [-0.05, 0) is 25.2 Å². The predicted molar refractivity (Wildman–Crippen MR) is 60.9 cm³/mol. The van der Waals surface area contributed by atoms with E-state index in [1.54, 1.807) is 24.5 Å². The maximum Gasteiger partial charge on any atom is 0.194 e. The SMILES string of the molecule is CCN(CC)C(C#N)C(=O)c1ccncc1. The third-order valence-electron chi connectivity index (χ3n) is 2.51. The fourth-order valence-electron chi connectivity index (χ4n) is 1.57. The zero-order chi connectivity index (χ0) is 12.0. The number of rotatable bonds is 5. The lowest BCUT2D eigenvalue weighted by Gasteiger charge is -2.22. The standard InChI is InChI=1S/C12H15N3O/c1-3-15(4-2)11(9-13)12(16)10-5-7-14-8-6-10/h5-8,11H,3-4H2,1-2H3. The number of Topliss-reactive ketones (excluding diaryl/α,β-unsaturated/α-hetero) is 1. The van der Waals surface area contributed by atoms with Crippen LogP contribution in [0, 0.1) is 11.3 Å². The molecule has 1 atom stereocenters. The van der Waals surface area contributed by atoms with Crippen molar-refractivity contribution in [3.8, 4) is 6.07 Å². The first-order chi connectivity index (χ1) is 7.74. The van der Waals surface area contributed by atoms with E-state index in [2.05, 4.69) is 11.1 Å². The molecule has 1 heterocycles. The Balaban J connectivity index is 2.91. The van der Waals surface area contributed by atoms with E-state index in [1.165, 1.54) is 0 Å². The second-order valence-electron chi connectivity index (χ2n) is 3.35. The lowest BCUT2D eigenvalue weighted by atomic mass is 10.1. The van der Waals surface area contributed by atoms with Crippen molar-refractivity contribution in [1.29, 1.82) is 5.26 Å². The van der Waals surface area contributed by atoms with Gasteiger partial charge >= 0.3 is 0 Å². The molecule has 0 radical (unpaired) electrons. The summed E-state index contributed by atoms with van der Waals surface area (Å²) in [5, 5.41) is 9.06. The van der Waals surface area contributed by atoms with Gasteiger partial charge in [-0.2, -0.15) is 5.26 Å². The molecule has 0 spiro atoms. The molecular formula is C12H15N3O. The van der Waals surface area contributed by atoms with Crippen LogP contribution in [0.2, 0.25) is 0 Å². The number of pyridine rings is 1. The highest BCUT2D eigenvalue weighted by Crippen LogP contribution is 2.07. The molecule has 0 amide bonds. The summed E-state index contributed by atoms with van der Waals surface area (Å²) >= 11 is 0. The fraction of sp³-hybridized carbons (Fsp3) is 0.417. The minimum Gasteiger partial charge on any atom is -0.291 e. The van der Waals surface area contributed by atoms with Crippen molar-refractivity contribution < 1.29 is 4.79 Å². The largest absolute Gasteiger partial charge is 0.291 e. The number of hydrogen-bond acceptors (Lipinski definition) is 4. The second kappa shape index (κ2) is 5.99. The number of nitrogens with zero attached hydrogens (tertiary/aromatic N) is 3. The summed E-state index contributed by atoms with van der Waals surface area (Å²) in [5.41, 5.74) is 0.536. The molecule has 1 unspecified atom stereocenters. The van der Waals surface area contributed by atoms with Crippen molar-refractivity contribution in [3.05, 3.63) is 30.1 Å². The van der Waals surface area contributed by atoms with Gasteiger partial charge in [0.15, 0.2) is 11.8 Å². The van der Waals surface area contributed by atoms with Crippen LogP contribution in [-0.4, -0.2) is 34.8 Å². The molecular weight excluding hydrogens is 202 g/mol. The first kappa shape index (κ1) is 12.3. The van der Waals surface area contributed by atoms with Crippen molar-refractivity contribution in [3.63, 3.8) is 0 Å². The Hall–Kier alpha value is -1.73. The highest BCUT2D eigenvalue weighted by atomic mass is 16.1. The highest BCUT2D eigenvalue weighted by Gasteiger charge is 2.24. The van der Waals surface area contributed by atoms with Crippen LogP contribution < -0.4 is 0 Å². The molecule has 0 saturated heterocycles. The number of aromatic nitrogens is 1. The van der Waals surface area contributed by atoms with Crippen LogP contribution in [0.4, 0.5) is 0 Å². The molecule has 0 bridgehead atoms. The quantitative estimate of drug-likeness (QED) is 0.701. The lowest BCUT2D eigenvalue weighted by Crippen LogP contribution is -2.40. The Morgan fingerprint density at radius 3 is 2.44 bits per heavy atom. The van der Waals surface area contributed by atoms with E-state index < -0.39 is 6.04 Å². The smallest absolute Gasteiger partial charge is 0.194 e. The van der Waals surface area contributed by atoms with E-state index in [4.69, 9.17) is 5.26 Å². The van der Waals surface area contributed by atoms with E-state index in [9.17, 15) is 4.79 Å². The Morgan fingerprint density at radius 2 is 2.00 bits per heavy atom. The van der Waals surface area contributed by atoms with Crippen LogP contribution in [0.5, 0.6) is 0 Å². The number of nitriles is 1. The van der Waals surface area contributed by atoms with E-state index in [1.807, 2.05) is 18.7 Å². The average molecular weight is 217 g/mol. The van der Waals surface area contributed by atoms with Gasteiger partial charge < -0.3 is 0 Å². The molecule has 0 fully saturated rings. The molecule has 4 heteroatoms. The van der Waals surface area contributed by atoms with Crippen molar-refractivity contribution in [2.45, 2.75) is 19.9 Å². The Morgan fingerprint density at radius 1 is 1.44 bits per heavy atom. The van der Waals surface area contributed by atoms with Gasteiger partial charge in [0.2, 0.25) is 0 Å². The van der Waals surface area contributed by atoms with Crippen LogP contribution in [0.1, 0.15) is 24.2 Å². The van der Waals surface area contributed by atoms with Crippen molar-refractivity contribution >= 4 is 5.78 Å². The Kier molecular flexibility index (Phi) is 4.62. The number of carbonyl (C=O) groups excluding carboxylic acids is 1. The van der Waals surface area contributed by atoms with Gasteiger partial charge in [0.05, 0.1) is 6.07 Å². The highest BCUT2D eigenvalue weighted by molar-refractivity contribution is 6.01. The number of carbonyl (C=O) groups is 1. The number of ketones is 1. The third-order valence-corrected chi connectivity index (χ3v) is 2.51. The monoisotopic (exact) mass is 217 g/mol. The maximum atomic E-state index is 12.0. The number of hydrogen-bond donors (Lipinski definition) is 0. The summed E-state index contributed by atoms with van der Waals surface area (Å²) in [6, 6.07) is 4.63. The summed E-state index contributed by atoms with van der Waals surface area (Å²) in [4.78, 5) is 17.7. The van der Waals surface area contributed by atoms with Crippen LogP contribution in [0.3, 0.4) is 0 Å². The molecule has 0 aliphatic carbocycles. The van der Waals surface area contributed by atoms with Crippen LogP contribution in [0.25, 0.3) is 0 Å². The molecule has 1 aromatic rings. The molecule has 0 N–H and O–H groups in total. The van der Waals surface area contributed by atoms with Gasteiger partial charge in [-0.15, -0.1) is 0 Å². The van der Waals surface area contributed by atoms with Gasteiger partial charge in [-0.3, -0.25) is 14.7 Å². The van der Waals surface area contributed by atoms with Gasteiger partial charge in [0.1, 0.15) is 0 Å². The van der Waals surface area contributed by atoms with E-state index in [0.29, 0.717) is 18.7 Å². The summed E-state index contributed by atoms with van der Waals surface area (Å²) in [6.07, 6.45) is 3.12. The van der Waals surface area contributed by atoms with E-state index in [-0.39, 0.29) is 5.78 Å². The molecule has 16 heavy (non-hydrogen) atoms. The normalized spacial score (nSPS) is 12.1. The number of likely N-dealkylation sites (N-methyl/N-ethyl adjacent to an activating group) is 1. The van der Waals surface area contributed by atoms with Gasteiger partial charge in [-0.1, -0.05) is 13.8 Å². The van der Waals surface area contributed by atoms with E-state index in [0.717, 1.165) is 0 Å². The molecule has 84 valence electrons. The molecule has 0 aromatic carbocycles. The van der Waals surface area contributed by atoms with Gasteiger partial charge in [-0.25, -0.2) is 0 Å². The summed E-state index contributed by atoms with van der Waals surface area (Å²) in [5.74, 6) is -0.159. The van der Waals surface area contributed by atoms with Crippen LogP contribution in [0.15, 0.2) is 24.5 Å². The maximum absolute atomic E-state index is 12.0. The fourth-order valence-corrected chi connectivity index (χ4v) is 1.57. The molecule has 4 nitrogen and oxygen atoms in total. The molecule has 1 rings (SSSR count). The van der Waals surface area contributed by atoms with Crippen molar-refractivity contribution in [2.24, 2.45) is 0 Å². The topological polar surface area (TPSA) is 57.0 Å². The van der Waals surface area contributed by atoms with Gasteiger partial charge in [0, 0.05) is 18.0 Å². The second-order valence-corrected chi connectivity index (χ2v) is 3.35. The van der Waals surface area contributed by atoms with Crippen molar-refractivity contribution in [1.82, 2.24) is 9.88 Å². The predicted octanol–water partition coefficient (Wildman–Crippen LogP) is 1.50. The first-order valence-electron chi connectivity index (χ1n) is 5.32. The van der Waals surface area contributed by atoms with Crippen molar-refractivity contribution in [2.75, 3.05) is 13.1 Å². The van der Waals surface area contributed by atoms with Crippen LogP contribution in [-0.2, 0) is 0 Å². The Bertz CT molecular complexity index is 379. The minimum atomic E-state index is -0.697. The zero-order valence-corrected chi connectivity index (χ0v) is 9.55. The first-order valence-corrected chi connectivity index (χ1v) is 5.32. The molecule has 0 aliphatic heterocycles. The summed E-state index contributed by atoms with van der Waals surface area (Å²) < 4.78 is 0. The van der Waals surface area contributed by atoms with Gasteiger partial charge in [0.25, 0.3) is 0 Å². The Labute approximate surface area is 95.5 Å².